The molecule has 0 radical (unpaired) electrons. The van der Waals surface area contributed by atoms with Crippen molar-refractivity contribution in [1.29, 1.82) is 0 Å². The van der Waals surface area contributed by atoms with Crippen LogP contribution in [0.1, 0.15) is 6.42 Å². The Labute approximate surface area is 135 Å². The van der Waals surface area contributed by atoms with Crippen molar-refractivity contribution in [2.24, 2.45) is 0 Å². The highest BCUT2D eigenvalue weighted by molar-refractivity contribution is 9.11. The summed E-state index contributed by atoms with van der Waals surface area (Å²) >= 11 is 6.40. The van der Waals surface area contributed by atoms with Gasteiger partial charge >= 0.3 is 0 Å². The SMILES string of the molecule is CN(C)C(=O)CCNS(=O)(=O)c1c(N)cc(Br)cc1Br. The molecular weight excluding hydrogens is 414 g/mol. The van der Waals surface area contributed by atoms with Crippen LogP contribution in [0.4, 0.5) is 5.69 Å². The number of carbonyl (C=O) groups is 1. The van der Waals surface area contributed by atoms with Crippen molar-refractivity contribution in [2.45, 2.75) is 11.3 Å². The van der Waals surface area contributed by atoms with Gasteiger partial charge in [0.25, 0.3) is 0 Å². The molecule has 1 aromatic rings. The molecule has 0 atom stereocenters. The molecule has 1 amide bonds. The predicted molar refractivity (Wildman–Crippen MR) is 84.8 cm³/mol. The van der Waals surface area contributed by atoms with E-state index in [1.54, 1.807) is 20.2 Å². The third-order valence-corrected chi connectivity index (χ3v) is 5.36. The standard InChI is InChI=1S/C11H15Br2N3O3S/c1-16(2)10(17)3-4-15-20(18,19)11-8(13)5-7(12)6-9(11)14/h5-6,15H,3-4,14H2,1-2H3. The largest absolute Gasteiger partial charge is 0.398 e. The second kappa shape index (κ2) is 6.88. The average molecular weight is 429 g/mol. The monoisotopic (exact) mass is 427 g/mol. The highest BCUT2D eigenvalue weighted by atomic mass is 79.9. The second-order valence-electron chi connectivity index (χ2n) is 4.24. The minimum absolute atomic E-state index is 0.0152. The zero-order valence-corrected chi connectivity index (χ0v) is 15.0. The van der Waals surface area contributed by atoms with Gasteiger partial charge in [0, 0.05) is 36.0 Å². The van der Waals surface area contributed by atoms with E-state index in [1.165, 1.54) is 11.0 Å². The minimum atomic E-state index is -3.77. The van der Waals surface area contributed by atoms with Gasteiger partial charge in [-0.3, -0.25) is 4.79 Å². The smallest absolute Gasteiger partial charge is 0.243 e. The Balaban J connectivity index is 2.88. The lowest BCUT2D eigenvalue weighted by molar-refractivity contribution is -0.128. The number of nitrogens with one attached hydrogen (secondary N) is 1. The van der Waals surface area contributed by atoms with E-state index in [9.17, 15) is 13.2 Å². The fourth-order valence-corrected chi connectivity index (χ4v) is 4.55. The molecule has 1 aromatic carbocycles. The quantitative estimate of drug-likeness (QED) is 0.696. The summed E-state index contributed by atoms with van der Waals surface area (Å²) in [5.41, 5.74) is 5.86. The number of carbonyl (C=O) groups excluding carboxylic acids is 1. The first-order chi connectivity index (χ1) is 9.15. The van der Waals surface area contributed by atoms with Crippen molar-refractivity contribution in [3.63, 3.8) is 0 Å². The van der Waals surface area contributed by atoms with Gasteiger partial charge < -0.3 is 10.6 Å². The summed E-state index contributed by atoms with van der Waals surface area (Å²) in [5, 5.41) is 0. The number of sulfonamides is 1. The molecule has 9 heteroatoms. The van der Waals surface area contributed by atoms with Crippen molar-refractivity contribution in [3.8, 4) is 0 Å². The molecule has 0 aliphatic carbocycles. The lowest BCUT2D eigenvalue weighted by Crippen LogP contribution is -2.30. The number of anilines is 1. The number of hydrogen-bond acceptors (Lipinski definition) is 4. The van der Waals surface area contributed by atoms with Crippen LogP contribution >= 0.6 is 31.9 Å². The molecule has 3 N–H and O–H groups in total. The maximum Gasteiger partial charge on any atom is 0.243 e. The van der Waals surface area contributed by atoms with Crippen LogP contribution in [-0.4, -0.2) is 39.9 Å². The Morgan fingerprint density at radius 3 is 2.45 bits per heavy atom. The molecule has 0 saturated heterocycles. The molecular formula is C11H15Br2N3O3S. The maximum absolute atomic E-state index is 12.2. The Hall–Kier alpha value is -0.640. The van der Waals surface area contributed by atoms with Gasteiger partial charge in [-0.2, -0.15) is 0 Å². The summed E-state index contributed by atoms with van der Waals surface area (Å²) in [4.78, 5) is 12.8. The van der Waals surface area contributed by atoms with Crippen molar-refractivity contribution < 1.29 is 13.2 Å². The van der Waals surface area contributed by atoms with E-state index in [4.69, 9.17) is 5.73 Å². The van der Waals surface area contributed by atoms with Gasteiger partial charge in [-0.25, -0.2) is 13.1 Å². The Morgan fingerprint density at radius 2 is 1.95 bits per heavy atom. The first-order valence-corrected chi connectivity index (χ1v) is 8.66. The fraction of sp³-hybridized carbons (Fsp3) is 0.364. The van der Waals surface area contributed by atoms with E-state index in [0.29, 0.717) is 8.95 Å². The van der Waals surface area contributed by atoms with E-state index < -0.39 is 10.0 Å². The number of nitrogens with two attached hydrogens (primary N) is 1. The molecule has 20 heavy (non-hydrogen) atoms. The number of benzene rings is 1. The zero-order valence-electron chi connectivity index (χ0n) is 11.0. The van der Waals surface area contributed by atoms with E-state index in [-0.39, 0.29) is 29.5 Å². The Bertz CT molecular complexity index is 594. The molecule has 0 aliphatic rings. The fourth-order valence-electron chi connectivity index (χ4n) is 1.45. The van der Waals surface area contributed by atoms with Crippen LogP contribution in [0.3, 0.4) is 0 Å². The third-order valence-electron chi connectivity index (χ3n) is 2.44. The highest BCUT2D eigenvalue weighted by Crippen LogP contribution is 2.31. The van der Waals surface area contributed by atoms with Gasteiger partial charge in [0.15, 0.2) is 0 Å². The molecule has 1 rings (SSSR count). The van der Waals surface area contributed by atoms with Crippen molar-refractivity contribution in [2.75, 3.05) is 26.4 Å². The van der Waals surface area contributed by atoms with Crippen molar-refractivity contribution in [3.05, 3.63) is 21.1 Å². The Morgan fingerprint density at radius 1 is 1.35 bits per heavy atom. The number of halogens is 2. The maximum atomic E-state index is 12.2. The molecule has 0 spiro atoms. The van der Waals surface area contributed by atoms with Crippen LogP contribution in [0, 0.1) is 0 Å². The zero-order chi connectivity index (χ0) is 15.5. The van der Waals surface area contributed by atoms with Gasteiger partial charge in [-0.15, -0.1) is 0 Å². The van der Waals surface area contributed by atoms with Crippen LogP contribution in [0.5, 0.6) is 0 Å². The van der Waals surface area contributed by atoms with Crippen LogP contribution in [-0.2, 0) is 14.8 Å². The lowest BCUT2D eigenvalue weighted by atomic mass is 10.3. The van der Waals surface area contributed by atoms with Crippen molar-refractivity contribution >= 4 is 53.5 Å². The van der Waals surface area contributed by atoms with Crippen molar-refractivity contribution in [1.82, 2.24) is 9.62 Å². The predicted octanol–water partition coefficient (Wildman–Crippen LogP) is 1.55. The summed E-state index contributed by atoms with van der Waals surface area (Å²) in [6.07, 6.45) is 0.0836. The van der Waals surface area contributed by atoms with Gasteiger partial charge in [-0.05, 0) is 28.1 Å². The van der Waals surface area contributed by atoms with Gasteiger partial charge in [-0.1, -0.05) is 15.9 Å². The summed E-state index contributed by atoms with van der Waals surface area (Å²) in [7, 11) is -0.551. The van der Waals surface area contributed by atoms with Crippen LogP contribution in [0.25, 0.3) is 0 Å². The molecule has 0 aliphatic heterocycles. The summed E-state index contributed by atoms with van der Waals surface area (Å²) < 4.78 is 27.7. The molecule has 0 unspecified atom stereocenters. The van der Waals surface area contributed by atoms with Crippen LogP contribution in [0.2, 0.25) is 0 Å². The number of nitrogen functional groups attached to an aromatic ring is 1. The molecule has 0 heterocycles. The van der Waals surface area contributed by atoms with Crippen LogP contribution in [0.15, 0.2) is 26.0 Å². The summed E-state index contributed by atoms with van der Waals surface area (Å²) in [6, 6.07) is 3.10. The second-order valence-corrected chi connectivity index (χ2v) is 7.72. The lowest BCUT2D eigenvalue weighted by Gasteiger charge is -2.13. The molecule has 0 saturated carbocycles. The number of amides is 1. The Kier molecular flexibility index (Phi) is 5.99. The summed E-state index contributed by atoms with van der Waals surface area (Å²) in [6.45, 7) is 0.0152. The topological polar surface area (TPSA) is 92.5 Å². The highest BCUT2D eigenvalue weighted by Gasteiger charge is 2.21. The summed E-state index contributed by atoms with van der Waals surface area (Å²) in [5.74, 6) is -0.157. The normalized spacial score (nSPS) is 11.4. The van der Waals surface area contributed by atoms with Gasteiger partial charge in [0.05, 0.1) is 5.69 Å². The molecule has 112 valence electrons. The molecule has 0 bridgehead atoms. The van der Waals surface area contributed by atoms with E-state index >= 15 is 0 Å². The first kappa shape index (κ1) is 17.4. The van der Waals surface area contributed by atoms with Gasteiger partial charge in [0.2, 0.25) is 15.9 Å². The van der Waals surface area contributed by atoms with Crippen LogP contribution < -0.4 is 10.5 Å². The number of rotatable bonds is 5. The molecule has 6 nitrogen and oxygen atoms in total. The average Bonchev–Trinajstić information content (AvgIpc) is 2.26. The number of hydrogen-bond donors (Lipinski definition) is 2. The molecule has 0 aromatic heterocycles. The van der Waals surface area contributed by atoms with Gasteiger partial charge in [0.1, 0.15) is 4.90 Å². The number of nitrogens with zero attached hydrogens (tertiary/aromatic N) is 1. The molecule has 0 fully saturated rings. The van der Waals surface area contributed by atoms with E-state index in [0.717, 1.165) is 0 Å². The van der Waals surface area contributed by atoms with E-state index in [2.05, 4.69) is 36.6 Å². The third kappa shape index (κ3) is 4.44. The van der Waals surface area contributed by atoms with E-state index in [1.807, 2.05) is 0 Å². The first-order valence-electron chi connectivity index (χ1n) is 5.59. The minimum Gasteiger partial charge on any atom is -0.398 e.